The molecule has 2 amide bonds. The topological polar surface area (TPSA) is 40.6 Å². The molecular weight excluding hydrogens is 394 g/mol. The molecule has 0 aliphatic carbocycles. The first-order valence-electron chi connectivity index (χ1n) is 8.84. The number of anilines is 1. The molecule has 146 valence electrons. The number of thiophene rings is 1. The van der Waals surface area contributed by atoms with E-state index in [4.69, 9.17) is 0 Å². The lowest BCUT2D eigenvalue weighted by atomic mass is 10.1. The summed E-state index contributed by atoms with van der Waals surface area (Å²) in [5.74, 6) is -3.28. The molecule has 0 spiro atoms. The zero-order chi connectivity index (χ0) is 20.5. The van der Waals surface area contributed by atoms with Gasteiger partial charge in [0.1, 0.15) is 5.70 Å². The number of carbonyl (C=O) groups excluding carboxylic acids is 2. The fourth-order valence-corrected chi connectivity index (χ4v) is 4.07. The van der Waals surface area contributed by atoms with Crippen LogP contribution in [0.5, 0.6) is 0 Å². The predicted octanol–water partition coefficient (Wildman–Crippen LogP) is 4.44. The van der Waals surface area contributed by atoms with Crippen molar-refractivity contribution in [3.05, 3.63) is 93.8 Å². The van der Waals surface area contributed by atoms with Crippen molar-refractivity contribution in [2.75, 3.05) is 11.9 Å². The second-order valence-corrected chi connectivity index (χ2v) is 7.53. The Morgan fingerprint density at radius 1 is 0.931 bits per heavy atom. The average molecular weight is 410 g/mol. The quantitative estimate of drug-likeness (QED) is 0.584. The van der Waals surface area contributed by atoms with Crippen LogP contribution in [-0.2, 0) is 16.1 Å². The van der Waals surface area contributed by atoms with Crippen molar-refractivity contribution in [1.82, 2.24) is 4.90 Å². The molecule has 4 rings (SSSR count). The second kappa shape index (κ2) is 7.60. The number of halogens is 2. The van der Waals surface area contributed by atoms with Gasteiger partial charge in [-0.05, 0) is 29.1 Å². The lowest BCUT2D eigenvalue weighted by molar-refractivity contribution is -0.120. The Morgan fingerprint density at radius 3 is 2.34 bits per heavy atom. The highest BCUT2D eigenvalue weighted by molar-refractivity contribution is 7.11. The van der Waals surface area contributed by atoms with Crippen molar-refractivity contribution < 1.29 is 18.4 Å². The molecule has 3 aromatic rings. The van der Waals surface area contributed by atoms with Crippen LogP contribution in [0.25, 0.3) is 5.57 Å². The van der Waals surface area contributed by atoms with E-state index in [1.54, 1.807) is 24.1 Å². The van der Waals surface area contributed by atoms with Crippen molar-refractivity contribution >= 4 is 34.4 Å². The molecule has 0 atom stereocenters. The number of benzene rings is 2. The number of hydrogen-bond acceptors (Lipinski definition) is 4. The number of imide groups is 1. The maximum Gasteiger partial charge on any atom is 0.282 e. The number of likely N-dealkylation sites (N-methyl/N-ethyl adjacent to an activating group) is 1. The molecular formula is C22H16F2N2O2S. The second-order valence-electron chi connectivity index (χ2n) is 6.59. The Bertz CT molecular complexity index is 1110. The minimum atomic E-state index is -1.12. The molecule has 1 aromatic heterocycles. The third-order valence-corrected chi connectivity index (χ3v) is 5.52. The summed E-state index contributed by atoms with van der Waals surface area (Å²) in [7, 11) is 1.73. The number of hydrogen-bond donors (Lipinski definition) is 0. The highest BCUT2D eigenvalue weighted by Gasteiger charge is 2.42. The van der Waals surface area contributed by atoms with Crippen LogP contribution in [0, 0.1) is 11.6 Å². The van der Waals surface area contributed by atoms with Gasteiger partial charge in [-0.2, -0.15) is 0 Å². The molecule has 0 radical (unpaired) electrons. The van der Waals surface area contributed by atoms with Crippen molar-refractivity contribution in [3.63, 3.8) is 0 Å². The number of nitrogens with zero attached hydrogens (tertiary/aromatic N) is 2. The standard InChI is InChI=1S/C22H16F2N2O2S/c1-25(13-14-6-3-2-4-7-14)20-19(18-8-5-11-29-18)21(27)26(22(20)28)15-9-10-16(23)17(24)12-15/h2-12H,13H2,1H3. The van der Waals surface area contributed by atoms with E-state index in [1.165, 1.54) is 17.4 Å². The van der Waals surface area contributed by atoms with E-state index in [9.17, 15) is 18.4 Å². The number of rotatable bonds is 5. The zero-order valence-electron chi connectivity index (χ0n) is 15.4. The first-order valence-corrected chi connectivity index (χ1v) is 9.72. The van der Waals surface area contributed by atoms with Gasteiger partial charge in [-0.25, -0.2) is 13.7 Å². The van der Waals surface area contributed by atoms with Crippen molar-refractivity contribution in [1.29, 1.82) is 0 Å². The SMILES string of the molecule is CN(Cc1ccccc1)C1=C(c2cccs2)C(=O)N(c2ccc(F)c(F)c2)C1=O. The molecule has 0 saturated carbocycles. The van der Waals surface area contributed by atoms with Gasteiger partial charge in [0.2, 0.25) is 0 Å². The molecule has 7 heteroatoms. The molecule has 0 unspecified atom stereocenters. The molecule has 0 bridgehead atoms. The molecule has 0 N–H and O–H groups in total. The van der Waals surface area contributed by atoms with Crippen LogP contribution >= 0.6 is 11.3 Å². The fourth-order valence-electron chi connectivity index (χ4n) is 3.31. The highest BCUT2D eigenvalue weighted by Crippen LogP contribution is 2.36. The first-order chi connectivity index (χ1) is 14.0. The van der Waals surface area contributed by atoms with Crippen LogP contribution in [-0.4, -0.2) is 23.8 Å². The average Bonchev–Trinajstić information content (AvgIpc) is 3.31. The van der Waals surface area contributed by atoms with E-state index in [0.717, 1.165) is 22.6 Å². The maximum atomic E-state index is 13.8. The Kier molecular flexibility index (Phi) is 4.98. The van der Waals surface area contributed by atoms with E-state index < -0.39 is 23.4 Å². The Hall–Kier alpha value is -3.32. The summed E-state index contributed by atoms with van der Waals surface area (Å²) in [6, 6.07) is 16.1. The molecule has 1 aliphatic rings. The molecule has 29 heavy (non-hydrogen) atoms. The lowest BCUT2D eigenvalue weighted by Gasteiger charge is -2.21. The minimum Gasteiger partial charge on any atom is -0.365 e. The monoisotopic (exact) mass is 410 g/mol. The van der Waals surface area contributed by atoms with E-state index in [0.29, 0.717) is 11.4 Å². The van der Waals surface area contributed by atoms with E-state index >= 15 is 0 Å². The summed E-state index contributed by atoms with van der Waals surface area (Å²) in [4.78, 5) is 29.7. The molecule has 2 heterocycles. The smallest absolute Gasteiger partial charge is 0.282 e. The zero-order valence-corrected chi connectivity index (χ0v) is 16.2. The van der Waals surface area contributed by atoms with Crippen LogP contribution < -0.4 is 4.90 Å². The largest absolute Gasteiger partial charge is 0.365 e. The Morgan fingerprint density at radius 2 is 1.69 bits per heavy atom. The first kappa shape index (κ1) is 19.0. The molecule has 1 aliphatic heterocycles. The van der Waals surface area contributed by atoms with Crippen LogP contribution in [0.3, 0.4) is 0 Å². The summed E-state index contributed by atoms with van der Waals surface area (Å²) in [5.41, 5.74) is 1.45. The van der Waals surface area contributed by atoms with Crippen LogP contribution in [0.4, 0.5) is 14.5 Å². The van der Waals surface area contributed by atoms with Crippen LogP contribution in [0.1, 0.15) is 10.4 Å². The van der Waals surface area contributed by atoms with Gasteiger partial charge in [-0.15, -0.1) is 11.3 Å². The van der Waals surface area contributed by atoms with E-state index in [2.05, 4.69) is 0 Å². The summed E-state index contributed by atoms with van der Waals surface area (Å²) in [6.07, 6.45) is 0. The van der Waals surface area contributed by atoms with Gasteiger partial charge in [0.15, 0.2) is 11.6 Å². The van der Waals surface area contributed by atoms with Gasteiger partial charge < -0.3 is 4.90 Å². The normalized spacial score (nSPS) is 14.1. The minimum absolute atomic E-state index is 0.00364. The van der Waals surface area contributed by atoms with Gasteiger partial charge >= 0.3 is 0 Å². The predicted molar refractivity (Wildman–Crippen MR) is 108 cm³/mol. The fraction of sp³-hybridized carbons (Fsp3) is 0.0909. The van der Waals surface area contributed by atoms with Crippen LogP contribution in [0.2, 0.25) is 0 Å². The van der Waals surface area contributed by atoms with Gasteiger partial charge in [-0.3, -0.25) is 9.59 Å². The molecule has 0 fully saturated rings. The molecule has 4 nitrogen and oxygen atoms in total. The summed E-state index contributed by atoms with van der Waals surface area (Å²) < 4.78 is 27.1. The van der Waals surface area contributed by atoms with Crippen molar-refractivity contribution in [2.45, 2.75) is 6.54 Å². The molecule has 0 saturated heterocycles. The van der Waals surface area contributed by atoms with Crippen molar-refractivity contribution in [3.8, 4) is 0 Å². The Labute approximate surface area is 170 Å². The lowest BCUT2D eigenvalue weighted by Crippen LogP contribution is -2.34. The van der Waals surface area contributed by atoms with Gasteiger partial charge in [0, 0.05) is 24.5 Å². The molecule has 2 aromatic carbocycles. The highest BCUT2D eigenvalue weighted by atomic mass is 32.1. The van der Waals surface area contributed by atoms with Gasteiger partial charge in [-0.1, -0.05) is 36.4 Å². The van der Waals surface area contributed by atoms with E-state index in [-0.39, 0.29) is 17.0 Å². The Balaban J connectivity index is 1.77. The van der Waals surface area contributed by atoms with Crippen LogP contribution in [0.15, 0.2) is 71.7 Å². The third kappa shape index (κ3) is 3.45. The summed E-state index contributed by atoms with van der Waals surface area (Å²) in [6.45, 7) is 0.412. The summed E-state index contributed by atoms with van der Waals surface area (Å²) in [5, 5.41) is 1.81. The maximum absolute atomic E-state index is 13.8. The number of amides is 2. The number of carbonyl (C=O) groups is 2. The van der Waals surface area contributed by atoms with Crippen molar-refractivity contribution in [2.24, 2.45) is 0 Å². The summed E-state index contributed by atoms with van der Waals surface area (Å²) >= 11 is 1.34. The third-order valence-electron chi connectivity index (χ3n) is 4.63. The van der Waals surface area contributed by atoms with Gasteiger partial charge in [0.05, 0.1) is 11.3 Å². The van der Waals surface area contributed by atoms with Gasteiger partial charge in [0.25, 0.3) is 11.8 Å². The van der Waals surface area contributed by atoms with E-state index in [1.807, 2.05) is 35.7 Å².